The van der Waals surface area contributed by atoms with E-state index in [1.165, 1.54) is 141 Å². The Morgan fingerprint density at radius 1 is 0.492 bits per heavy atom. The van der Waals surface area contributed by atoms with E-state index in [1.54, 1.807) is 0 Å². The van der Waals surface area contributed by atoms with Gasteiger partial charge in [-0.2, -0.15) is 0 Å². The first kappa shape index (κ1) is 60.8. The number of carbonyl (C=O) groups is 2. The SMILES string of the molecule is CC/C=C/C/C=C/CCCCCCCC(CC(=O)NC(CO)C(O)CCCCCCCCCCCCCCCC)OC(=O)CCCCCCC/C=C/C=C/CCCCCCCCC. The van der Waals surface area contributed by atoms with Gasteiger partial charge in [0.1, 0.15) is 6.10 Å². The quantitative estimate of drug-likeness (QED) is 0.0245. The van der Waals surface area contributed by atoms with Gasteiger partial charge in [-0.15, -0.1) is 0 Å². The van der Waals surface area contributed by atoms with Crippen LogP contribution in [0.25, 0.3) is 0 Å². The lowest BCUT2D eigenvalue weighted by Gasteiger charge is -2.24. The van der Waals surface area contributed by atoms with Gasteiger partial charge >= 0.3 is 5.97 Å². The fraction of sp³-hybridized carbons (Fsp3) is 0.825. The highest BCUT2D eigenvalue weighted by Gasteiger charge is 2.24. The number of hydrogen-bond acceptors (Lipinski definition) is 5. The van der Waals surface area contributed by atoms with E-state index in [1.807, 2.05) is 0 Å². The molecule has 0 aliphatic carbocycles. The Labute approximate surface area is 391 Å². The minimum absolute atomic E-state index is 0.0624. The first-order chi connectivity index (χ1) is 31.0. The summed E-state index contributed by atoms with van der Waals surface area (Å²) in [5, 5.41) is 23.8. The van der Waals surface area contributed by atoms with E-state index in [-0.39, 0.29) is 24.9 Å². The van der Waals surface area contributed by atoms with Gasteiger partial charge in [-0.05, 0) is 77.0 Å². The molecule has 0 rings (SSSR count). The second-order valence-corrected chi connectivity index (χ2v) is 18.6. The summed E-state index contributed by atoms with van der Waals surface area (Å²) in [5.74, 6) is -0.499. The van der Waals surface area contributed by atoms with Gasteiger partial charge in [0.2, 0.25) is 5.91 Å². The highest BCUT2D eigenvalue weighted by atomic mass is 16.5. The van der Waals surface area contributed by atoms with Gasteiger partial charge in [-0.3, -0.25) is 9.59 Å². The van der Waals surface area contributed by atoms with Crippen molar-refractivity contribution in [2.75, 3.05) is 6.61 Å². The lowest BCUT2D eigenvalue weighted by molar-refractivity contribution is -0.151. The Morgan fingerprint density at radius 2 is 0.905 bits per heavy atom. The molecule has 1 amide bonds. The van der Waals surface area contributed by atoms with Gasteiger partial charge in [0.05, 0.1) is 25.2 Å². The molecule has 0 aliphatic rings. The first-order valence-corrected chi connectivity index (χ1v) is 27.4. The third-order valence-corrected chi connectivity index (χ3v) is 12.4. The average Bonchev–Trinajstić information content (AvgIpc) is 3.28. The molecule has 0 aliphatic heterocycles. The van der Waals surface area contributed by atoms with Crippen LogP contribution >= 0.6 is 0 Å². The Balaban J connectivity index is 4.55. The number of amides is 1. The van der Waals surface area contributed by atoms with E-state index >= 15 is 0 Å². The van der Waals surface area contributed by atoms with Crippen LogP contribution in [0.4, 0.5) is 0 Å². The van der Waals surface area contributed by atoms with Crippen molar-refractivity contribution in [1.29, 1.82) is 0 Å². The van der Waals surface area contributed by atoms with Crippen LogP contribution in [0.1, 0.15) is 278 Å². The average molecular weight is 884 g/mol. The first-order valence-electron chi connectivity index (χ1n) is 27.4. The van der Waals surface area contributed by atoms with Crippen molar-refractivity contribution >= 4 is 11.9 Å². The molecular weight excluding hydrogens is 779 g/mol. The number of hydrogen-bond donors (Lipinski definition) is 3. The summed E-state index contributed by atoms with van der Waals surface area (Å²) in [6, 6.07) is -0.709. The molecule has 0 saturated heterocycles. The molecule has 0 aromatic carbocycles. The highest BCUT2D eigenvalue weighted by Crippen LogP contribution is 2.18. The number of aliphatic hydroxyl groups is 2. The number of rotatable bonds is 49. The van der Waals surface area contributed by atoms with Crippen molar-refractivity contribution < 1.29 is 24.5 Å². The third-order valence-electron chi connectivity index (χ3n) is 12.4. The lowest BCUT2D eigenvalue weighted by Crippen LogP contribution is -2.46. The zero-order chi connectivity index (χ0) is 45.9. The summed E-state index contributed by atoms with van der Waals surface area (Å²) in [4.78, 5) is 26.2. The number of unbranched alkanes of at least 4 members (excludes halogenated alkanes) is 30. The molecule has 3 atom stereocenters. The fourth-order valence-corrected chi connectivity index (χ4v) is 8.28. The van der Waals surface area contributed by atoms with Gasteiger partial charge in [0.15, 0.2) is 0 Å². The number of ether oxygens (including phenoxy) is 1. The van der Waals surface area contributed by atoms with E-state index < -0.39 is 18.2 Å². The predicted molar refractivity (Wildman–Crippen MR) is 273 cm³/mol. The number of allylic oxidation sites excluding steroid dienone is 8. The normalized spacial score (nSPS) is 13.5. The molecule has 3 N–H and O–H groups in total. The van der Waals surface area contributed by atoms with Crippen molar-refractivity contribution in [2.45, 2.75) is 296 Å². The van der Waals surface area contributed by atoms with Crippen molar-refractivity contribution in [2.24, 2.45) is 0 Å². The Hall–Kier alpha value is -2.18. The highest BCUT2D eigenvalue weighted by molar-refractivity contribution is 5.77. The van der Waals surface area contributed by atoms with Crippen molar-refractivity contribution in [3.05, 3.63) is 48.6 Å². The minimum atomic E-state index is -0.794. The van der Waals surface area contributed by atoms with Crippen LogP contribution < -0.4 is 5.32 Å². The molecule has 0 aromatic heterocycles. The molecule has 0 aromatic rings. The lowest BCUT2D eigenvalue weighted by atomic mass is 10.0. The molecule has 3 unspecified atom stereocenters. The molecule has 0 heterocycles. The van der Waals surface area contributed by atoms with Crippen molar-refractivity contribution in [3.63, 3.8) is 0 Å². The summed E-state index contributed by atoms with van der Waals surface area (Å²) >= 11 is 0. The van der Waals surface area contributed by atoms with Crippen molar-refractivity contribution in [1.82, 2.24) is 5.32 Å². The number of carbonyl (C=O) groups excluding carboxylic acids is 2. The zero-order valence-electron chi connectivity index (χ0n) is 42.0. The predicted octanol–water partition coefficient (Wildman–Crippen LogP) is 16.6. The monoisotopic (exact) mass is 884 g/mol. The van der Waals surface area contributed by atoms with E-state index in [0.29, 0.717) is 19.3 Å². The topological polar surface area (TPSA) is 95.9 Å². The van der Waals surface area contributed by atoms with Crippen LogP contribution in [0, 0.1) is 0 Å². The molecule has 0 saturated carbocycles. The molecule has 6 heteroatoms. The standard InChI is InChI=1S/C57H105NO5/c1-4-7-10-13-16-19-22-25-27-28-29-30-32-35-38-41-44-47-50-57(62)63-53(48-45-42-39-36-33-24-21-18-15-12-9-6-3)51-56(61)58-54(52-59)55(60)49-46-43-40-37-34-31-26-23-20-17-14-11-8-5-2/h9,12,18,21,27-30,53-55,59-60H,4-8,10-11,13-17,19-20,22-26,31-52H2,1-3H3,(H,58,61)/b12-9+,21-18+,28-27+,30-29+. The van der Waals surface area contributed by atoms with Crippen molar-refractivity contribution in [3.8, 4) is 0 Å². The summed E-state index contributed by atoms with van der Waals surface area (Å²) in [6.45, 7) is 6.38. The summed E-state index contributed by atoms with van der Waals surface area (Å²) in [7, 11) is 0. The fourth-order valence-electron chi connectivity index (χ4n) is 8.28. The van der Waals surface area contributed by atoms with E-state index in [9.17, 15) is 19.8 Å². The molecular formula is C57H105NO5. The molecule has 63 heavy (non-hydrogen) atoms. The molecule has 0 fully saturated rings. The second-order valence-electron chi connectivity index (χ2n) is 18.6. The molecule has 368 valence electrons. The van der Waals surface area contributed by atoms with Crippen LogP contribution in [0.3, 0.4) is 0 Å². The number of esters is 1. The van der Waals surface area contributed by atoms with Crippen LogP contribution in [0.5, 0.6) is 0 Å². The van der Waals surface area contributed by atoms with Crippen LogP contribution in [0.15, 0.2) is 48.6 Å². The Morgan fingerprint density at radius 3 is 1.38 bits per heavy atom. The van der Waals surface area contributed by atoms with Crippen LogP contribution in [-0.4, -0.2) is 46.9 Å². The molecule has 0 bridgehead atoms. The molecule has 6 nitrogen and oxygen atoms in total. The van der Waals surface area contributed by atoms with E-state index in [4.69, 9.17) is 4.74 Å². The Kier molecular flexibility index (Phi) is 49.1. The maximum Gasteiger partial charge on any atom is 0.306 e. The Bertz CT molecular complexity index is 1080. The van der Waals surface area contributed by atoms with Gasteiger partial charge < -0.3 is 20.3 Å². The molecule has 0 spiro atoms. The van der Waals surface area contributed by atoms with Gasteiger partial charge in [0, 0.05) is 6.42 Å². The maximum atomic E-state index is 13.2. The van der Waals surface area contributed by atoms with E-state index in [0.717, 1.165) is 89.9 Å². The van der Waals surface area contributed by atoms with Gasteiger partial charge in [-0.25, -0.2) is 0 Å². The molecule has 0 radical (unpaired) electrons. The van der Waals surface area contributed by atoms with E-state index in [2.05, 4.69) is 74.7 Å². The summed E-state index contributed by atoms with van der Waals surface area (Å²) < 4.78 is 5.93. The minimum Gasteiger partial charge on any atom is -0.462 e. The largest absolute Gasteiger partial charge is 0.462 e. The van der Waals surface area contributed by atoms with Crippen LogP contribution in [-0.2, 0) is 14.3 Å². The summed E-state index contributed by atoms with van der Waals surface area (Å²) in [5.41, 5.74) is 0. The second kappa shape index (κ2) is 50.8. The number of aliphatic hydroxyl groups excluding tert-OH is 2. The smallest absolute Gasteiger partial charge is 0.306 e. The third kappa shape index (κ3) is 46.2. The maximum absolute atomic E-state index is 13.2. The zero-order valence-corrected chi connectivity index (χ0v) is 42.0. The number of nitrogens with one attached hydrogen (secondary N) is 1. The van der Waals surface area contributed by atoms with Gasteiger partial charge in [-0.1, -0.05) is 236 Å². The summed E-state index contributed by atoms with van der Waals surface area (Å²) in [6.07, 6.45) is 61.7. The van der Waals surface area contributed by atoms with Gasteiger partial charge in [0.25, 0.3) is 0 Å². The van der Waals surface area contributed by atoms with Crippen LogP contribution in [0.2, 0.25) is 0 Å².